The molecule has 266 valence electrons. The Morgan fingerprint density at radius 3 is 2.66 bits per heavy atom. The molecule has 2 aromatic heterocycles. The number of nitrogens with zero attached hydrogens (tertiary/aromatic N) is 2. The molecule has 0 radical (unpaired) electrons. The van der Waals surface area contributed by atoms with Crippen LogP contribution >= 0.6 is 12.2 Å². The molecule has 1 unspecified atom stereocenters. The van der Waals surface area contributed by atoms with E-state index in [0.717, 1.165) is 52.8 Å². The van der Waals surface area contributed by atoms with Crippen LogP contribution in [0, 0.1) is 12.8 Å². The number of phenols is 1. The summed E-state index contributed by atoms with van der Waals surface area (Å²) in [6.45, 7) is 3.22. The molecule has 2 aliphatic carbocycles. The summed E-state index contributed by atoms with van der Waals surface area (Å²) >= 11 is 5.60. The maximum atomic E-state index is 13.8. The summed E-state index contributed by atoms with van der Waals surface area (Å²) in [5.74, 6) is -0.817. The zero-order valence-corrected chi connectivity index (χ0v) is 29.5. The summed E-state index contributed by atoms with van der Waals surface area (Å²) in [4.78, 5) is 46.2. The number of anilines is 1. The molecule has 0 spiro atoms. The molecule has 3 aromatic carbocycles. The number of nitrogens with one attached hydrogen (secondary N) is 3. The number of H-pyrrole nitrogens is 1. The number of aromatic hydroxyl groups is 1. The van der Waals surface area contributed by atoms with Gasteiger partial charge in [-0.1, -0.05) is 24.3 Å². The van der Waals surface area contributed by atoms with Crippen molar-refractivity contribution in [2.45, 2.75) is 39.2 Å². The van der Waals surface area contributed by atoms with E-state index in [4.69, 9.17) is 16.6 Å². The highest BCUT2D eigenvalue weighted by Crippen LogP contribution is 2.42. The highest BCUT2D eigenvalue weighted by atomic mass is 32.1. The molecule has 0 saturated carbocycles. The molecule has 3 aliphatic rings. The van der Waals surface area contributed by atoms with Crippen molar-refractivity contribution in [1.29, 1.82) is 0 Å². The van der Waals surface area contributed by atoms with Gasteiger partial charge in [0.2, 0.25) is 0 Å². The van der Waals surface area contributed by atoms with E-state index in [-0.39, 0.29) is 34.2 Å². The first-order valence-corrected chi connectivity index (χ1v) is 17.8. The van der Waals surface area contributed by atoms with Crippen molar-refractivity contribution >= 4 is 56.6 Å². The number of carbonyl (C=O) groups excluding carboxylic acids is 1. The molecule has 0 saturated heterocycles. The van der Waals surface area contributed by atoms with Crippen LogP contribution in [-0.2, 0) is 19.4 Å². The molecule has 5 N–H and O–H groups in total. The second-order valence-electron chi connectivity index (χ2n) is 13.4. The Morgan fingerprint density at radius 1 is 1.02 bits per heavy atom. The fourth-order valence-corrected chi connectivity index (χ4v) is 7.81. The number of carbonyl (C=O) groups is 2. The zero-order chi connectivity index (χ0) is 36.8. The van der Waals surface area contributed by atoms with Gasteiger partial charge in [-0.05, 0) is 86.4 Å². The number of phenolic OH excluding ortho intramolecular Hbond substituents is 1. The van der Waals surface area contributed by atoms with Crippen molar-refractivity contribution in [1.82, 2.24) is 19.9 Å². The second kappa shape index (κ2) is 13.7. The predicted molar refractivity (Wildman–Crippen MR) is 207 cm³/mol. The molecule has 5 aromatic rings. The van der Waals surface area contributed by atoms with E-state index >= 15 is 0 Å². The zero-order valence-electron chi connectivity index (χ0n) is 28.7. The Balaban J connectivity index is 0.978. The third kappa shape index (κ3) is 6.31. The average Bonchev–Trinajstić information content (AvgIpc) is 3.70. The van der Waals surface area contributed by atoms with Gasteiger partial charge in [0.25, 0.3) is 0 Å². The monoisotopic (exact) mass is 725 g/mol. The number of para-hydroxylation sites is 1. The van der Waals surface area contributed by atoms with Gasteiger partial charge < -0.3 is 34.8 Å². The molecule has 8 rings (SSSR count). The fraction of sp³-hybridized carbons (Fsp3) is 0.195. The SMILES string of the molecule is Cc1[nH]cnc1CC1CCc2c(c3ccccc3n2CCCNC(=S)Nc2ccc(-c3c4ccc(=O)cc-4oc4cc(O)ccc34)c(C(=O)O)c2)C1=O. The smallest absolute Gasteiger partial charge is 0.336 e. The largest absolute Gasteiger partial charge is 0.508 e. The van der Waals surface area contributed by atoms with Crippen LogP contribution in [0.3, 0.4) is 0 Å². The van der Waals surface area contributed by atoms with Gasteiger partial charge >= 0.3 is 5.97 Å². The van der Waals surface area contributed by atoms with E-state index in [1.165, 1.54) is 30.3 Å². The lowest BCUT2D eigenvalue weighted by Crippen LogP contribution is -2.30. The quantitative estimate of drug-likeness (QED) is 0.0579. The van der Waals surface area contributed by atoms with Crippen LogP contribution in [0.1, 0.15) is 50.6 Å². The van der Waals surface area contributed by atoms with E-state index < -0.39 is 5.97 Å². The normalized spacial score (nSPS) is 14.1. The number of aromatic carboxylic acids is 1. The molecule has 1 aliphatic heterocycles. The number of Topliss-reactive ketones (excluding diaryl/α,β-unsaturated/α-hetero) is 1. The Labute approximate surface area is 308 Å². The summed E-state index contributed by atoms with van der Waals surface area (Å²) in [7, 11) is 0. The van der Waals surface area contributed by atoms with Gasteiger partial charge in [-0.25, -0.2) is 9.78 Å². The summed E-state index contributed by atoms with van der Waals surface area (Å²) in [6.07, 6.45) is 4.62. The summed E-state index contributed by atoms with van der Waals surface area (Å²) in [5, 5.41) is 28.7. The lowest BCUT2D eigenvalue weighted by atomic mass is 9.82. The van der Waals surface area contributed by atoms with Gasteiger partial charge in [0.15, 0.2) is 16.3 Å². The molecule has 0 bridgehead atoms. The molecule has 0 fully saturated rings. The van der Waals surface area contributed by atoms with Gasteiger partial charge in [0.1, 0.15) is 17.1 Å². The standard InChI is InChI=1S/C41H35N5O6S/c1-22-32(44-21-43-22)17-23-7-14-34-38(39(23)49)28-5-2-3-6-33(28)46(34)16-4-15-42-41(53)45-24-8-11-27(31(18-24)40(50)51)37-29-12-9-25(47)19-35(29)52-36-20-26(48)10-13-30(36)37/h2-3,5-6,8-13,18-21,23,47H,4,7,14-17H2,1H3,(H,43,44)(H,50,51)(H2,42,45,53). The summed E-state index contributed by atoms with van der Waals surface area (Å²) in [5.41, 5.74) is 6.99. The van der Waals surface area contributed by atoms with Crippen molar-refractivity contribution in [2.75, 3.05) is 11.9 Å². The van der Waals surface area contributed by atoms with E-state index in [0.29, 0.717) is 58.0 Å². The number of aromatic nitrogens is 3. The van der Waals surface area contributed by atoms with Crippen LogP contribution in [0.4, 0.5) is 5.69 Å². The highest BCUT2D eigenvalue weighted by molar-refractivity contribution is 7.80. The summed E-state index contributed by atoms with van der Waals surface area (Å²) < 4.78 is 8.19. The number of hydrogen-bond donors (Lipinski definition) is 5. The van der Waals surface area contributed by atoms with Crippen LogP contribution in [0.5, 0.6) is 5.75 Å². The van der Waals surface area contributed by atoms with Gasteiger partial charge in [0, 0.05) is 87.6 Å². The minimum Gasteiger partial charge on any atom is -0.508 e. The van der Waals surface area contributed by atoms with E-state index in [2.05, 4.69) is 31.2 Å². The highest BCUT2D eigenvalue weighted by Gasteiger charge is 2.33. The van der Waals surface area contributed by atoms with Crippen molar-refractivity contribution in [3.63, 3.8) is 0 Å². The maximum Gasteiger partial charge on any atom is 0.336 e. The number of carboxylic acids is 1. The number of aryl methyl sites for hydroxylation is 2. The van der Waals surface area contributed by atoms with E-state index in [1.807, 2.05) is 25.1 Å². The Bertz CT molecular complexity index is 2620. The third-order valence-electron chi connectivity index (χ3n) is 10.1. The molecule has 3 heterocycles. The van der Waals surface area contributed by atoms with Crippen molar-refractivity contribution < 1.29 is 24.2 Å². The van der Waals surface area contributed by atoms with Crippen molar-refractivity contribution in [3.05, 3.63) is 124 Å². The number of rotatable bonds is 9. The first-order chi connectivity index (χ1) is 25.7. The molecular formula is C41H35N5O6S. The predicted octanol–water partition coefficient (Wildman–Crippen LogP) is 7.32. The number of hydrogen-bond acceptors (Lipinski definition) is 7. The molecule has 53 heavy (non-hydrogen) atoms. The van der Waals surface area contributed by atoms with Gasteiger partial charge in [-0.2, -0.15) is 0 Å². The molecule has 1 atom stereocenters. The van der Waals surface area contributed by atoms with Crippen molar-refractivity contribution in [3.8, 4) is 28.2 Å². The van der Waals surface area contributed by atoms with Crippen LogP contribution < -0.4 is 16.1 Å². The Morgan fingerprint density at radius 2 is 1.85 bits per heavy atom. The van der Waals surface area contributed by atoms with Gasteiger partial charge in [-0.3, -0.25) is 9.59 Å². The lowest BCUT2D eigenvalue weighted by Gasteiger charge is -2.23. The van der Waals surface area contributed by atoms with Crippen LogP contribution in [0.25, 0.3) is 44.3 Å². The number of thiocarbonyl (C=S) groups is 1. The number of aromatic amines is 1. The molecule has 12 heteroatoms. The summed E-state index contributed by atoms with van der Waals surface area (Å²) in [6, 6.07) is 22.0. The fourth-order valence-electron chi connectivity index (χ4n) is 7.59. The number of carboxylic acid groups (broad SMARTS) is 1. The third-order valence-corrected chi connectivity index (χ3v) is 10.3. The average molecular weight is 726 g/mol. The minimum atomic E-state index is -1.15. The number of imidazole rings is 1. The second-order valence-corrected chi connectivity index (χ2v) is 13.8. The van der Waals surface area contributed by atoms with Crippen LogP contribution in [-0.4, -0.2) is 48.2 Å². The Kier molecular flexibility index (Phi) is 8.75. The number of benzene rings is 4. The lowest BCUT2D eigenvalue weighted by molar-refractivity contribution is 0.0697. The van der Waals surface area contributed by atoms with Gasteiger partial charge in [0.05, 0.1) is 17.6 Å². The number of ketones is 1. The van der Waals surface area contributed by atoms with E-state index in [1.54, 1.807) is 30.6 Å². The Hall–Kier alpha value is -6.27. The number of fused-ring (bicyclic) bond motifs is 5. The first kappa shape index (κ1) is 33.9. The topological polar surface area (TPSA) is 162 Å². The maximum absolute atomic E-state index is 13.8. The van der Waals surface area contributed by atoms with Crippen LogP contribution in [0.2, 0.25) is 0 Å². The first-order valence-electron chi connectivity index (χ1n) is 17.4. The van der Waals surface area contributed by atoms with Gasteiger partial charge in [-0.15, -0.1) is 0 Å². The minimum absolute atomic E-state index is 0.0198. The molecule has 0 amide bonds. The molecule has 11 nitrogen and oxygen atoms in total. The van der Waals surface area contributed by atoms with E-state index in [9.17, 15) is 24.6 Å². The molecular weight excluding hydrogens is 691 g/mol. The van der Waals surface area contributed by atoms with Crippen LogP contribution in [0.15, 0.2) is 94.4 Å². The van der Waals surface area contributed by atoms with Crippen molar-refractivity contribution in [2.24, 2.45) is 5.92 Å².